The minimum atomic E-state index is 0. The molecule has 0 radical (unpaired) electrons. The summed E-state index contributed by atoms with van der Waals surface area (Å²) in [5.41, 5.74) is 4.14. The SMILES string of the molecule is CC1CNN(SOC2=CC=c3[nH]c(C(=O)N4CCCCC4)cc3=CC2)CC(C)C1.S. The number of likely N-dealkylation sites (tertiary alicyclic amines) is 1. The van der Waals surface area contributed by atoms with Gasteiger partial charge in [-0.25, -0.2) is 5.43 Å². The number of amides is 1. The highest BCUT2D eigenvalue weighted by atomic mass is 32.2. The van der Waals surface area contributed by atoms with Crippen LogP contribution in [0.3, 0.4) is 0 Å². The van der Waals surface area contributed by atoms with Gasteiger partial charge in [0.25, 0.3) is 5.91 Å². The number of hydrogen-bond donors (Lipinski definition) is 2. The first kappa shape index (κ1) is 23.3. The molecule has 0 spiro atoms. The summed E-state index contributed by atoms with van der Waals surface area (Å²) in [6.07, 6.45) is 11.5. The molecule has 1 aromatic heterocycles. The van der Waals surface area contributed by atoms with Crippen LogP contribution in [0.4, 0.5) is 0 Å². The number of carbonyl (C=O) groups is 1. The van der Waals surface area contributed by atoms with Crippen LogP contribution in [0.1, 0.15) is 56.4 Å². The van der Waals surface area contributed by atoms with Gasteiger partial charge in [0, 0.05) is 37.9 Å². The summed E-state index contributed by atoms with van der Waals surface area (Å²) in [7, 11) is 0. The Bertz CT molecular complexity index is 876. The van der Waals surface area contributed by atoms with Gasteiger partial charge in [0.05, 0.1) is 0 Å². The Kier molecular flexibility index (Phi) is 8.39. The highest BCUT2D eigenvalue weighted by Crippen LogP contribution is 2.23. The van der Waals surface area contributed by atoms with E-state index in [0.717, 1.165) is 55.3 Å². The fourth-order valence-electron chi connectivity index (χ4n) is 4.29. The number of nitrogens with one attached hydrogen (secondary N) is 2. The molecule has 30 heavy (non-hydrogen) atoms. The van der Waals surface area contributed by atoms with Crippen molar-refractivity contribution < 1.29 is 8.98 Å². The van der Waals surface area contributed by atoms with Crippen LogP contribution in [0.2, 0.25) is 0 Å². The highest BCUT2D eigenvalue weighted by Gasteiger charge is 2.21. The van der Waals surface area contributed by atoms with E-state index in [4.69, 9.17) is 4.18 Å². The molecule has 2 atom stereocenters. The lowest BCUT2D eigenvalue weighted by Crippen LogP contribution is -2.36. The van der Waals surface area contributed by atoms with Gasteiger partial charge in [0.15, 0.2) is 12.2 Å². The van der Waals surface area contributed by atoms with Gasteiger partial charge < -0.3 is 14.1 Å². The smallest absolute Gasteiger partial charge is 0.270 e. The van der Waals surface area contributed by atoms with Crippen molar-refractivity contribution in [3.63, 3.8) is 0 Å². The second kappa shape index (κ2) is 10.8. The van der Waals surface area contributed by atoms with Crippen molar-refractivity contribution >= 4 is 43.8 Å². The van der Waals surface area contributed by atoms with Gasteiger partial charge in [-0.15, -0.1) is 0 Å². The number of carbonyl (C=O) groups excluding carboxylic acids is 1. The predicted octanol–water partition coefficient (Wildman–Crippen LogP) is 2.66. The number of piperidine rings is 1. The van der Waals surface area contributed by atoms with Gasteiger partial charge in [-0.05, 0) is 61.0 Å². The fraction of sp³-hybridized carbons (Fsp3) is 0.591. The van der Waals surface area contributed by atoms with Crippen molar-refractivity contribution in [2.75, 3.05) is 26.2 Å². The van der Waals surface area contributed by atoms with Crippen LogP contribution < -0.4 is 16.0 Å². The van der Waals surface area contributed by atoms with E-state index < -0.39 is 0 Å². The van der Waals surface area contributed by atoms with Crippen molar-refractivity contribution in [3.05, 3.63) is 34.2 Å². The largest absolute Gasteiger partial charge is 0.413 e. The third-order valence-electron chi connectivity index (χ3n) is 5.85. The van der Waals surface area contributed by atoms with Crippen molar-refractivity contribution in [1.29, 1.82) is 0 Å². The van der Waals surface area contributed by atoms with Gasteiger partial charge in [0.1, 0.15) is 11.5 Å². The summed E-state index contributed by atoms with van der Waals surface area (Å²) >= 11 is 1.38. The van der Waals surface area contributed by atoms with E-state index in [1.54, 1.807) is 0 Å². The van der Waals surface area contributed by atoms with E-state index in [0.29, 0.717) is 24.0 Å². The Morgan fingerprint density at radius 1 is 1.17 bits per heavy atom. The summed E-state index contributed by atoms with van der Waals surface area (Å²) in [5, 5.41) is 2.05. The summed E-state index contributed by atoms with van der Waals surface area (Å²) in [6.45, 7) is 8.26. The number of hydrazine groups is 1. The van der Waals surface area contributed by atoms with Crippen LogP contribution >= 0.6 is 25.7 Å². The second-order valence-corrected chi connectivity index (χ2v) is 9.40. The molecule has 2 N–H and O–H groups in total. The minimum absolute atomic E-state index is 0. The topological polar surface area (TPSA) is 60.6 Å². The van der Waals surface area contributed by atoms with E-state index >= 15 is 0 Å². The number of aromatic nitrogens is 1. The van der Waals surface area contributed by atoms with Gasteiger partial charge in [-0.1, -0.05) is 19.9 Å². The van der Waals surface area contributed by atoms with E-state index in [1.165, 1.54) is 25.1 Å². The van der Waals surface area contributed by atoms with E-state index in [-0.39, 0.29) is 19.4 Å². The Labute approximate surface area is 190 Å². The Morgan fingerprint density at radius 3 is 2.77 bits per heavy atom. The molecule has 3 aliphatic rings. The maximum atomic E-state index is 12.7. The van der Waals surface area contributed by atoms with Gasteiger partial charge >= 0.3 is 0 Å². The van der Waals surface area contributed by atoms with Gasteiger partial charge in [-0.3, -0.25) is 4.79 Å². The van der Waals surface area contributed by atoms with Crippen LogP contribution in [0, 0.1) is 11.8 Å². The summed E-state index contributed by atoms with van der Waals surface area (Å²) in [4.78, 5) is 18.0. The van der Waals surface area contributed by atoms with Gasteiger partial charge in [0.2, 0.25) is 0 Å². The molecule has 1 aliphatic carbocycles. The zero-order valence-electron chi connectivity index (χ0n) is 17.9. The quantitative estimate of drug-likeness (QED) is 0.546. The Balaban J connectivity index is 0.00000256. The highest BCUT2D eigenvalue weighted by molar-refractivity contribution is 7.92. The Hall–Kier alpha value is -1.35. The number of hydrogen-bond acceptors (Lipinski definition) is 5. The molecule has 0 saturated carbocycles. The molecule has 166 valence electrons. The molecule has 0 bridgehead atoms. The van der Waals surface area contributed by atoms with Crippen LogP contribution in [-0.2, 0) is 4.18 Å². The molecule has 2 unspecified atom stereocenters. The van der Waals surface area contributed by atoms with Crippen LogP contribution in [0.15, 0.2) is 17.9 Å². The van der Waals surface area contributed by atoms with Crippen molar-refractivity contribution in [2.45, 2.75) is 46.0 Å². The Morgan fingerprint density at radius 2 is 1.97 bits per heavy atom. The normalized spacial score (nSPS) is 24.9. The zero-order chi connectivity index (χ0) is 20.2. The van der Waals surface area contributed by atoms with Crippen molar-refractivity contribution in [2.24, 2.45) is 11.8 Å². The lowest BCUT2D eigenvalue weighted by Gasteiger charge is -2.26. The third kappa shape index (κ3) is 5.87. The van der Waals surface area contributed by atoms with Crippen LogP contribution in [0.5, 0.6) is 0 Å². The van der Waals surface area contributed by atoms with E-state index in [2.05, 4.69) is 34.7 Å². The molecular formula is C22H34N4O2S2. The van der Waals surface area contributed by atoms with E-state index in [1.807, 2.05) is 23.1 Å². The first-order valence-corrected chi connectivity index (χ1v) is 11.5. The number of H-pyrrole nitrogens is 1. The standard InChI is InChI=1S/C22H32N4O2S.H2S/c1-16-12-17(2)15-26(23-14-16)29-28-19-7-6-18-13-21(24-20(18)9-8-19)22(27)25-10-4-3-5-11-25;/h6,8-9,13,16-17,23-24H,3-5,7,10-12,14-15H2,1-2H3;1H2. The van der Waals surface area contributed by atoms with Crippen LogP contribution in [0.25, 0.3) is 12.2 Å². The monoisotopic (exact) mass is 450 g/mol. The minimum Gasteiger partial charge on any atom is -0.413 e. The molecule has 4 rings (SSSR count). The molecule has 1 amide bonds. The van der Waals surface area contributed by atoms with Crippen molar-refractivity contribution in [1.82, 2.24) is 19.7 Å². The number of nitrogens with zero attached hydrogens (tertiary/aromatic N) is 2. The van der Waals surface area contributed by atoms with Crippen molar-refractivity contribution in [3.8, 4) is 0 Å². The molecule has 2 fully saturated rings. The molecular weight excluding hydrogens is 416 g/mol. The summed E-state index contributed by atoms with van der Waals surface area (Å²) in [5.74, 6) is 2.36. The number of fused-ring (bicyclic) bond motifs is 1. The van der Waals surface area contributed by atoms with E-state index in [9.17, 15) is 4.79 Å². The maximum Gasteiger partial charge on any atom is 0.270 e. The lowest BCUT2D eigenvalue weighted by atomic mass is 9.99. The molecule has 6 nitrogen and oxygen atoms in total. The molecule has 8 heteroatoms. The second-order valence-electron chi connectivity index (χ2n) is 8.64. The molecule has 2 saturated heterocycles. The maximum absolute atomic E-state index is 12.7. The van der Waals surface area contributed by atoms with Gasteiger partial charge in [-0.2, -0.15) is 17.9 Å². The molecule has 0 aromatic carbocycles. The first-order valence-electron chi connectivity index (χ1n) is 10.8. The fourth-order valence-corrected chi connectivity index (χ4v) is 5.04. The zero-order valence-corrected chi connectivity index (χ0v) is 19.8. The lowest BCUT2D eigenvalue weighted by molar-refractivity contribution is 0.0719. The average Bonchev–Trinajstić information content (AvgIpc) is 2.94. The first-order chi connectivity index (χ1) is 14.1. The molecule has 1 aromatic rings. The molecule has 2 aliphatic heterocycles. The van der Waals surface area contributed by atoms with Crippen LogP contribution in [-0.4, -0.2) is 46.4 Å². The number of aromatic amines is 1. The molecule has 3 heterocycles. The third-order valence-corrected chi connectivity index (χ3v) is 6.59. The number of allylic oxidation sites excluding steroid dienone is 2. The summed E-state index contributed by atoms with van der Waals surface area (Å²) in [6, 6.07) is 1.98. The number of rotatable bonds is 4. The summed E-state index contributed by atoms with van der Waals surface area (Å²) < 4.78 is 8.11. The predicted molar refractivity (Wildman–Crippen MR) is 128 cm³/mol. The average molecular weight is 451 g/mol.